The highest BCUT2D eigenvalue weighted by molar-refractivity contribution is 9.10. The van der Waals surface area contributed by atoms with E-state index in [0.717, 1.165) is 0 Å². The minimum absolute atomic E-state index is 0.0221. The fourth-order valence-corrected chi connectivity index (χ4v) is 12.6. The lowest BCUT2D eigenvalue weighted by Gasteiger charge is -2.73. The Balaban J connectivity index is 1.64. The molecule has 3 heterocycles. The molecule has 6 rings (SSSR count). The maximum atomic E-state index is 14.0. The van der Waals surface area contributed by atoms with Gasteiger partial charge in [-0.15, -0.1) is 0 Å². The maximum absolute atomic E-state index is 14.0. The molecule has 0 bridgehead atoms. The molecule has 322 valence electrons. The van der Waals surface area contributed by atoms with Gasteiger partial charge < -0.3 is 33.2 Å². The molecular weight excluding hydrogens is 834 g/mol. The van der Waals surface area contributed by atoms with Gasteiger partial charge in [0.2, 0.25) is 0 Å². The van der Waals surface area contributed by atoms with Crippen LogP contribution in [-0.4, -0.2) is 109 Å². The second kappa shape index (κ2) is 16.3. The quantitative estimate of drug-likeness (QED) is 0.249. The van der Waals surface area contributed by atoms with Gasteiger partial charge in [-0.3, -0.25) is 28.9 Å². The molecule has 3 aliphatic heterocycles. The van der Waals surface area contributed by atoms with Crippen molar-refractivity contribution in [2.75, 3.05) is 20.3 Å². The van der Waals surface area contributed by atoms with Gasteiger partial charge in [0, 0.05) is 62.5 Å². The lowest BCUT2D eigenvalue weighted by molar-refractivity contribution is -0.324. The third-order valence-electron chi connectivity index (χ3n) is 14.2. The van der Waals surface area contributed by atoms with E-state index in [1.165, 1.54) is 34.8 Å². The SMILES string of the molecule is COC(=O)C1=CCCN2C3CC[C@]4(C)C([C@H](OC(C)=O)[C@H](OC(C)=O)C5([C@H](C)OC(=O)c6ccccc6Br)COC(=O)CC[C@H]54)[C@@]3(C)[C@H](OC(C)=O)[C@H](OC(C)=O)[C@@]12C. The molecule has 2 saturated carbocycles. The largest absolute Gasteiger partial charge is 0.466 e. The Labute approximate surface area is 352 Å². The number of hydrogen-bond donors (Lipinski definition) is 0. The van der Waals surface area contributed by atoms with Crippen molar-refractivity contribution in [3.8, 4) is 0 Å². The van der Waals surface area contributed by atoms with Gasteiger partial charge >= 0.3 is 41.8 Å². The van der Waals surface area contributed by atoms with E-state index < -0.39 is 112 Å². The highest BCUT2D eigenvalue weighted by Crippen LogP contribution is 2.71. The van der Waals surface area contributed by atoms with Crippen molar-refractivity contribution < 1.29 is 66.7 Å². The maximum Gasteiger partial charge on any atom is 0.339 e. The molecule has 1 aromatic rings. The Morgan fingerprint density at radius 1 is 0.847 bits per heavy atom. The van der Waals surface area contributed by atoms with Crippen LogP contribution in [-0.2, 0) is 61.9 Å². The van der Waals surface area contributed by atoms with Crippen LogP contribution < -0.4 is 0 Å². The van der Waals surface area contributed by atoms with Crippen LogP contribution in [0.4, 0.5) is 0 Å². The number of fused-ring (bicyclic) bond motifs is 7. The summed E-state index contributed by atoms with van der Waals surface area (Å²) in [7, 11) is 1.26. The highest BCUT2D eigenvalue weighted by Gasteiger charge is 2.79. The molecular formula is C43H54BrNO14. The molecule has 3 unspecified atom stereocenters. The molecule has 2 aliphatic carbocycles. The summed E-state index contributed by atoms with van der Waals surface area (Å²) >= 11 is 3.43. The van der Waals surface area contributed by atoms with E-state index in [-0.39, 0.29) is 30.6 Å². The van der Waals surface area contributed by atoms with Crippen LogP contribution in [0.15, 0.2) is 40.4 Å². The van der Waals surface area contributed by atoms with Crippen LogP contribution in [0.1, 0.15) is 97.9 Å². The highest BCUT2D eigenvalue weighted by atomic mass is 79.9. The fraction of sp³-hybridized carbons (Fsp3) is 0.651. The Hall–Kier alpha value is -4.31. The molecule has 12 atom stereocenters. The molecule has 0 N–H and O–H groups in total. The normalized spacial score (nSPS) is 36.8. The lowest BCUT2D eigenvalue weighted by atomic mass is 9.37. The van der Waals surface area contributed by atoms with Gasteiger partial charge in [-0.05, 0) is 78.9 Å². The summed E-state index contributed by atoms with van der Waals surface area (Å²) in [5, 5.41) is 0. The van der Waals surface area contributed by atoms with Gasteiger partial charge in [-0.25, -0.2) is 9.59 Å². The number of methoxy groups -OCH3 is 1. The van der Waals surface area contributed by atoms with E-state index in [4.69, 9.17) is 33.2 Å². The molecule has 4 fully saturated rings. The number of cyclic esters (lactones) is 1. The number of halogens is 1. The standard InChI is InChI=1S/C43H54BrNO14/c1-22(55-38(51)27-13-10-11-15-29(27)44)43-21-54-32(50)17-16-30(43)40(6)19-18-31-41(7,34(40)33(56-23(2)46)35(43)57-24(3)47)36(58-25(4)48)37(59-26(5)49)42(8)28(39(52)53-9)14-12-20-45(31)42/h10-11,13-15,22,30-31,33-37H,12,16-21H2,1-9H3/t22-,30-,31?,33-,34?,35-,36+,37-,40-,41-,42+,43?/m0/s1. The van der Waals surface area contributed by atoms with E-state index in [9.17, 15) is 33.6 Å². The van der Waals surface area contributed by atoms with Crippen molar-refractivity contribution in [2.24, 2.45) is 28.1 Å². The van der Waals surface area contributed by atoms with Gasteiger partial charge in [0.1, 0.15) is 24.9 Å². The van der Waals surface area contributed by atoms with Gasteiger partial charge in [-0.1, -0.05) is 32.1 Å². The number of nitrogens with zero attached hydrogens (tertiary/aromatic N) is 1. The number of rotatable bonds is 8. The second-order valence-electron chi connectivity index (χ2n) is 17.2. The smallest absolute Gasteiger partial charge is 0.339 e. The molecule has 16 heteroatoms. The van der Waals surface area contributed by atoms with Crippen molar-refractivity contribution >= 4 is 57.7 Å². The van der Waals surface area contributed by atoms with E-state index in [0.29, 0.717) is 30.3 Å². The summed E-state index contributed by atoms with van der Waals surface area (Å²) in [6.07, 6.45) is -3.14. The molecule has 2 saturated heterocycles. The zero-order valence-electron chi connectivity index (χ0n) is 35.0. The van der Waals surface area contributed by atoms with E-state index in [1.807, 2.05) is 13.8 Å². The molecule has 0 aromatic heterocycles. The zero-order valence-corrected chi connectivity index (χ0v) is 36.6. The zero-order chi connectivity index (χ0) is 43.4. The molecule has 5 aliphatic rings. The summed E-state index contributed by atoms with van der Waals surface area (Å²) in [6.45, 7) is 12.3. The third kappa shape index (κ3) is 7.15. The molecule has 0 radical (unpaired) electrons. The Kier molecular flexibility index (Phi) is 12.2. The molecule has 1 aromatic carbocycles. The first-order chi connectivity index (χ1) is 27.7. The van der Waals surface area contributed by atoms with Gasteiger partial charge in [0.05, 0.1) is 29.2 Å². The van der Waals surface area contributed by atoms with Gasteiger partial charge in [0.15, 0.2) is 12.2 Å². The number of carbonyl (C=O) groups is 7. The van der Waals surface area contributed by atoms with Crippen molar-refractivity contribution in [2.45, 2.75) is 130 Å². The first-order valence-electron chi connectivity index (χ1n) is 20.0. The van der Waals surface area contributed by atoms with Gasteiger partial charge in [-0.2, -0.15) is 0 Å². The monoisotopic (exact) mass is 887 g/mol. The third-order valence-corrected chi connectivity index (χ3v) is 14.9. The summed E-state index contributed by atoms with van der Waals surface area (Å²) < 4.78 is 43.3. The average Bonchev–Trinajstić information content (AvgIpc) is 3.34. The number of ether oxygens (including phenoxy) is 7. The second-order valence-corrected chi connectivity index (χ2v) is 18.1. The number of benzene rings is 1. The minimum Gasteiger partial charge on any atom is -0.466 e. The topological polar surface area (TPSA) is 187 Å². The average molecular weight is 889 g/mol. The van der Waals surface area contributed by atoms with Crippen LogP contribution in [0.25, 0.3) is 0 Å². The van der Waals surface area contributed by atoms with Crippen molar-refractivity contribution in [3.63, 3.8) is 0 Å². The van der Waals surface area contributed by atoms with Gasteiger partial charge in [0.25, 0.3) is 0 Å². The molecule has 15 nitrogen and oxygen atoms in total. The van der Waals surface area contributed by atoms with Crippen LogP contribution in [0.5, 0.6) is 0 Å². The van der Waals surface area contributed by atoms with Crippen LogP contribution >= 0.6 is 15.9 Å². The molecule has 59 heavy (non-hydrogen) atoms. The molecule has 0 spiro atoms. The van der Waals surface area contributed by atoms with Crippen LogP contribution in [0.2, 0.25) is 0 Å². The van der Waals surface area contributed by atoms with Crippen molar-refractivity contribution in [1.82, 2.24) is 4.90 Å². The number of piperidine rings is 1. The fourth-order valence-electron chi connectivity index (χ4n) is 12.2. The lowest BCUT2D eigenvalue weighted by Crippen LogP contribution is -2.83. The minimum atomic E-state index is -1.48. The first-order valence-corrected chi connectivity index (χ1v) is 20.8. The van der Waals surface area contributed by atoms with Crippen molar-refractivity contribution in [3.05, 3.63) is 46.0 Å². The Bertz CT molecular complexity index is 1950. The van der Waals surface area contributed by atoms with E-state index in [2.05, 4.69) is 20.8 Å². The summed E-state index contributed by atoms with van der Waals surface area (Å²) in [5.41, 5.74) is -4.61. The Morgan fingerprint density at radius 2 is 1.46 bits per heavy atom. The predicted octanol–water partition coefficient (Wildman–Crippen LogP) is 5.04. The number of hydrogen-bond acceptors (Lipinski definition) is 15. The van der Waals surface area contributed by atoms with E-state index in [1.54, 1.807) is 44.2 Å². The van der Waals surface area contributed by atoms with Crippen LogP contribution in [0, 0.1) is 28.1 Å². The van der Waals surface area contributed by atoms with E-state index >= 15 is 0 Å². The summed E-state index contributed by atoms with van der Waals surface area (Å²) in [4.78, 5) is 96.4. The number of carbonyl (C=O) groups excluding carboxylic acids is 7. The summed E-state index contributed by atoms with van der Waals surface area (Å²) in [6, 6.07) is 6.22. The number of esters is 7. The predicted molar refractivity (Wildman–Crippen MR) is 210 cm³/mol. The molecule has 0 amide bonds. The van der Waals surface area contributed by atoms with Crippen molar-refractivity contribution in [1.29, 1.82) is 0 Å². The first kappa shape index (κ1) is 44.2. The van der Waals surface area contributed by atoms with Crippen LogP contribution in [0.3, 0.4) is 0 Å². The Morgan fingerprint density at radius 3 is 2.07 bits per heavy atom. The summed E-state index contributed by atoms with van der Waals surface area (Å²) in [5.74, 6) is -6.13.